The fourth-order valence-electron chi connectivity index (χ4n) is 2.50. The fraction of sp³-hybridized carbons (Fsp3) is 1.00. The molecule has 0 aromatic carbocycles. The summed E-state index contributed by atoms with van der Waals surface area (Å²) in [4.78, 5) is 2.67. The van der Waals surface area contributed by atoms with Gasteiger partial charge in [-0.1, -0.05) is 72.1 Å². The van der Waals surface area contributed by atoms with Gasteiger partial charge in [0.1, 0.15) is 0 Å². The van der Waals surface area contributed by atoms with Crippen molar-refractivity contribution in [1.29, 1.82) is 0 Å². The van der Waals surface area contributed by atoms with E-state index in [4.69, 9.17) is 0 Å². The monoisotopic (exact) mass is 255 g/mol. The first-order valence-electron chi connectivity index (χ1n) is 8.57. The van der Waals surface area contributed by atoms with E-state index in [1.807, 2.05) is 0 Å². The van der Waals surface area contributed by atoms with E-state index in [1.165, 1.54) is 90.3 Å². The van der Waals surface area contributed by atoms with Crippen LogP contribution in [0.1, 0.15) is 91.4 Å². The summed E-state index contributed by atoms with van der Waals surface area (Å²) in [6, 6.07) is 0. The Morgan fingerprint density at radius 1 is 0.444 bits per heavy atom. The predicted octanol–water partition coefficient (Wildman–Crippen LogP) is 5.64. The van der Waals surface area contributed by atoms with E-state index in [9.17, 15) is 0 Å². The highest BCUT2D eigenvalue weighted by atomic mass is 15.1. The van der Waals surface area contributed by atoms with Crippen molar-refractivity contribution >= 4 is 0 Å². The van der Waals surface area contributed by atoms with Crippen LogP contribution in [0, 0.1) is 0 Å². The second kappa shape index (κ2) is 15.0. The highest BCUT2D eigenvalue weighted by molar-refractivity contribution is 4.57. The molecule has 0 aliphatic rings. The maximum absolute atomic E-state index is 2.67. The summed E-state index contributed by atoms with van der Waals surface area (Å²) in [5.74, 6) is 0. The molecule has 0 unspecified atom stereocenters. The molecule has 0 aromatic rings. The van der Waals surface area contributed by atoms with Gasteiger partial charge in [-0.3, -0.25) is 0 Å². The SMILES string of the molecule is CCCCCCCCCCN(CCC)CCCC. The molecule has 0 saturated carbocycles. The summed E-state index contributed by atoms with van der Waals surface area (Å²) in [7, 11) is 0. The smallest absolute Gasteiger partial charge is 0.00187 e. The highest BCUT2D eigenvalue weighted by Gasteiger charge is 2.02. The molecule has 0 fully saturated rings. The van der Waals surface area contributed by atoms with Crippen LogP contribution in [-0.4, -0.2) is 24.5 Å². The molecule has 110 valence electrons. The molecule has 1 heteroatoms. The van der Waals surface area contributed by atoms with E-state index >= 15 is 0 Å². The number of hydrogen-bond donors (Lipinski definition) is 0. The van der Waals surface area contributed by atoms with Crippen LogP contribution < -0.4 is 0 Å². The molecule has 18 heavy (non-hydrogen) atoms. The van der Waals surface area contributed by atoms with Gasteiger partial charge >= 0.3 is 0 Å². The largest absolute Gasteiger partial charge is 0.303 e. The number of unbranched alkanes of at least 4 members (excludes halogenated alkanes) is 8. The van der Waals surface area contributed by atoms with Crippen LogP contribution >= 0.6 is 0 Å². The fourth-order valence-corrected chi connectivity index (χ4v) is 2.50. The summed E-state index contributed by atoms with van der Waals surface area (Å²) < 4.78 is 0. The first kappa shape index (κ1) is 18.0. The van der Waals surface area contributed by atoms with Crippen molar-refractivity contribution in [3.63, 3.8) is 0 Å². The van der Waals surface area contributed by atoms with E-state index in [1.54, 1.807) is 0 Å². The van der Waals surface area contributed by atoms with E-state index in [0.29, 0.717) is 0 Å². The molecule has 0 spiro atoms. The first-order valence-corrected chi connectivity index (χ1v) is 8.57. The Hall–Kier alpha value is -0.0400. The molecule has 0 aliphatic carbocycles. The third kappa shape index (κ3) is 12.4. The van der Waals surface area contributed by atoms with Gasteiger partial charge in [0.15, 0.2) is 0 Å². The van der Waals surface area contributed by atoms with Gasteiger partial charge in [-0.2, -0.15) is 0 Å². The Labute approximate surface area is 116 Å². The van der Waals surface area contributed by atoms with Crippen molar-refractivity contribution in [1.82, 2.24) is 4.90 Å². The molecular weight excluding hydrogens is 218 g/mol. The van der Waals surface area contributed by atoms with Crippen LogP contribution in [0.25, 0.3) is 0 Å². The maximum Gasteiger partial charge on any atom is -0.00187 e. The maximum atomic E-state index is 2.67. The van der Waals surface area contributed by atoms with Gasteiger partial charge < -0.3 is 4.90 Å². The third-order valence-electron chi connectivity index (χ3n) is 3.70. The Kier molecular flexibility index (Phi) is 15.0. The average Bonchev–Trinajstić information content (AvgIpc) is 2.39. The molecule has 0 atom stereocenters. The minimum atomic E-state index is 1.30. The molecular formula is C17H37N. The topological polar surface area (TPSA) is 3.24 Å². The normalized spacial score (nSPS) is 11.3. The second-order valence-electron chi connectivity index (χ2n) is 5.67. The lowest BCUT2D eigenvalue weighted by Crippen LogP contribution is -2.26. The highest BCUT2D eigenvalue weighted by Crippen LogP contribution is 2.09. The zero-order valence-corrected chi connectivity index (χ0v) is 13.3. The van der Waals surface area contributed by atoms with Gasteiger partial charge in [-0.05, 0) is 38.9 Å². The van der Waals surface area contributed by atoms with Crippen LogP contribution in [0.15, 0.2) is 0 Å². The van der Waals surface area contributed by atoms with E-state index in [2.05, 4.69) is 25.7 Å². The molecule has 0 amide bonds. The third-order valence-corrected chi connectivity index (χ3v) is 3.70. The van der Waals surface area contributed by atoms with Crippen molar-refractivity contribution < 1.29 is 0 Å². The van der Waals surface area contributed by atoms with Gasteiger partial charge in [0.25, 0.3) is 0 Å². The van der Waals surface area contributed by atoms with Crippen molar-refractivity contribution in [2.75, 3.05) is 19.6 Å². The minimum Gasteiger partial charge on any atom is -0.303 e. The van der Waals surface area contributed by atoms with Gasteiger partial charge in [-0.15, -0.1) is 0 Å². The molecule has 0 radical (unpaired) electrons. The Bertz CT molecular complexity index is 145. The molecule has 0 rings (SSSR count). The summed E-state index contributed by atoms with van der Waals surface area (Å²) in [5, 5.41) is 0. The van der Waals surface area contributed by atoms with Crippen molar-refractivity contribution in [2.24, 2.45) is 0 Å². The Morgan fingerprint density at radius 3 is 1.50 bits per heavy atom. The minimum absolute atomic E-state index is 1.30. The van der Waals surface area contributed by atoms with Crippen LogP contribution in [0.5, 0.6) is 0 Å². The molecule has 0 saturated heterocycles. The van der Waals surface area contributed by atoms with Crippen molar-refractivity contribution in [3.8, 4) is 0 Å². The van der Waals surface area contributed by atoms with Crippen LogP contribution in [-0.2, 0) is 0 Å². The van der Waals surface area contributed by atoms with Crippen molar-refractivity contribution in [2.45, 2.75) is 91.4 Å². The molecule has 0 aromatic heterocycles. The zero-order valence-electron chi connectivity index (χ0n) is 13.3. The lowest BCUT2D eigenvalue weighted by molar-refractivity contribution is 0.263. The summed E-state index contributed by atoms with van der Waals surface area (Å²) in [5.41, 5.74) is 0. The van der Waals surface area contributed by atoms with Gasteiger partial charge in [0.05, 0.1) is 0 Å². The quantitative estimate of drug-likeness (QED) is 0.363. The van der Waals surface area contributed by atoms with E-state index < -0.39 is 0 Å². The molecule has 0 N–H and O–H groups in total. The average molecular weight is 255 g/mol. The van der Waals surface area contributed by atoms with E-state index in [0.717, 1.165) is 0 Å². The standard InChI is InChI=1S/C17H37N/c1-4-7-9-10-11-12-13-14-17-18(15-6-3)16-8-5-2/h4-17H2,1-3H3. The number of hydrogen-bond acceptors (Lipinski definition) is 1. The predicted molar refractivity (Wildman–Crippen MR) is 84.2 cm³/mol. The van der Waals surface area contributed by atoms with Crippen LogP contribution in [0.3, 0.4) is 0 Å². The first-order chi connectivity index (χ1) is 8.85. The number of rotatable bonds is 14. The van der Waals surface area contributed by atoms with Gasteiger partial charge in [0.2, 0.25) is 0 Å². The lowest BCUT2D eigenvalue weighted by atomic mass is 10.1. The molecule has 0 bridgehead atoms. The van der Waals surface area contributed by atoms with Gasteiger partial charge in [-0.25, -0.2) is 0 Å². The molecule has 0 heterocycles. The molecule has 1 nitrogen and oxygen atoms in total. The Morgan fingerprint density at radius 2 is 0.944 bits per heavy atom. The van der Waals surface area contributed by atoms with Gasteiger partial charge in [0, 0.05) is 0 Å². The lowest BCUT2D eigenvalue weighted by Gasteiger charge is -2.21. The molecule has 0 aliphatic heterocycles. The summed E-state index contributed by atoms with van der Waals surface area (Å²) in [6.07, 6.45) is 15.5. The summed E-state index contributed by atoms with van der Waals surface area (Å²) >= 11 is 0. The van der Waals surface area contributed by atoms with Crippen LogP contribution in [0.2, 0.25) is 0 Å². The zero-order chi connectivity index (χ0) is 13.5. The summed E-state index contributed by atoms with van der Waals surface area (Å²) in [6.45, 7) is 10.8. The second-order valence-corrected chi connectivity index (χ2v) is 5.67. The number of nitrogens with zero attached hydrogens (tertiary/aromatic N) is 1. The van der Waals surface area contributed by atoms with E-state index in [-0.39, 0.29) is 0 Å². The Balaban J connectivity index is 3.31. The van der Waals surface area contributed by atoms with Crippen molar-refractivity contribution in [3.05, 3.63) is 0 Å². The van der Waals surface area contributed by atoms with Crippen LogP contribution in [0.4, 0.5) is 0 Å².